The van der Waals surface area contributed by atoms with E-state index in [4.69, 9.17) is 21.1 Å². The molecule has 1 saturated carbocycles. The Morgan fingerprint density at radius 3 is 2.36 bits per heavy atom. The van der Waals surface area contributed by atoms with Gasteiger partial charge in [0.25, 0.3) is 0 Å². The van der Waals surface area contributed by atoms with Gasteiger partial charge >= 0.3 is 6.09 Å². The van der Waals surface area contributed by atoms with E-state index in [2.05, 4.69) is 16.0 Å². The summed E-state index contributed by atoms with van der Waals surface area (Å²) in [5.74, 6) is 0.355. The number of methoxy groups -OCH3 is 1. The minimum absolute atomic E-state index is 0.0938. The van der Waals surface area contributed by atoms with E-state index < -0.39 is 5.60 Å². The van der Waals surface area contributed by atoms with Crippen molar-refractivity contribution in [1.29, 1.82) is 0 Å². The molecule has 1 aliphatic rings. The molecule has 8 heteroatoms. The highest BCUT2D eigenvalue weighted by Crippen LogP contribution is 2.31. The van der Waals surface area contributed by atoms with Crippen molar-refractivity contribution in [3.63, 3.8) is 0 Å². The number of alkyl carbamates (subject to hydrolysis) is 1. The molecule has 3 N–H and O–H groups in total. The molecule has 7 nitrogen and oxygen atoms in total. The van der Waals surface area contributed by atoms with E-state index in [1.807, 2.05) is 32.9 Å². The van der Waals surface area contributed by atoms with Gasteiger partial charge in [0.1, 0.15) is 17.2 Å². The zero-order chi connectivity index (χ0) is 20.7. The second kappa shape index (κ2) is 9.87. The van der Waals surface area contributed by atoms with Crippen molar-refractivity contribution < 1.29 is 19.1 Å². The summed E-state index contributed by atoms with van der Waals surface area (Å²) < 4.78 is 10.7. The largest absolute Gasteiger partial charge is 0.495 e. The van der Waals surface area contributed by atoms with Gasteiger partial charge in [-0.05, 0) is 64.7 Å². The molecular weight excluding hydrogens is 382 g/mol. The van der Waals surface area contributed by atoms with Gasteiger partial charge in [0.15, 0.2) is 0 Å². The molecule has 0 bridgehead atoms. The van der Waals surface area contributed by atoms with E-state index in [9.17, 15) is 9.59 Å². The predicted molar refractivity (Wildman–Crippen MR) is 111 cm³/mol. The number of carbonyl (C=O) groups excluding carboxylic acids is 2. The number of ether oxygens (including phenoxy) is 2. The normalized spacial score (nSPS) is 19.5. The average Bonchev–Trinajstić information content (AvgIpc) is 2.62. The van der Waals surface area contributed by atoms with Crippen LogP contribution in [-0.2, 0) is 9.53 Å². The second-order valence-corrected chi connectivity index (χ2v) is 8.20. The van der Waals surface area contributed by atoms with E-state index in [0.29, 0.717) is 11.4 Å². The first kappa shape index (κ1) is 22.1. The van der Waals surface area contributed by atoms with Crippen molar-refractivity contribution in [1.82, 2.24) is 5.32 Å². The van der Waals surface area contributed by atoms with Crippen LogP contribution < -0.4 is 20.7 Å². The second-order valence-electron chi connectivity index (χ2n) is 7.94. The molecule has 2 rings (SSSR count). The monoisotopic (exact) mass is 411 g/mol. The Hall–Kier alpha value is -2.15. The molecule has 1 aromatic rings. The number of alkyl halides is 1. The van der Waals surface area contributed by atoms with Gasteiger partial charge in [-0.2, -0.15) is 0 Å². The lowest BCUT2D eigenvalue weighted by Crippen LogP contribution is -2.42. The highest BCUT2D eigenvalue weighted by atomic mass is 35.5. The maximum atomic E-state index is 11.9. The van der Waals surface area contributed by atoms with Crippen molar-refractivity contribution in [2.75, 3.05) is 23.6 Å². The fourth-order valence-corrected chi connectivity index (χ4v) is 3.24. The van der Waals surface area contributed by atoms with Crippen molar-refractivity contribution in [3.05, 3.63) is 18.2 Å². The van der Waals surface area contributed by atoms with Gasteiger partial charge in [0.05, 0.1) is 12.8 Å². The molecule has 0 heterocycles. The molecule has 156 valence electrons. The van der Waals surface area contributed by atoms with Gasteiger partial charge in [-0.3, -0.25) is 4.79 Å². The molecule has 1 aliphatic carbocycles. The zero-order valence-corrected chi connectivity index (χ0v) is 17.7. The van der Waals surface area contributed by atoms with Crippen molar-refractivity contribution >= 4 is 35.0 Å². The molecule has 0 spiro atoms. The zero-order valence-electron chi connectivity index (χ0n) is 16.9. The summed E-state index contributed by atoms with van der Waals surface area (Å²) in [5, 5.41) is 9.18. The third kappa shape index (κ3) is 7.11. The Morgan fingerprint density at radius 1 is 1.14 bits per heavy atom. The van der Waals surface area contributed by atoms with Gasteiger partial charge in [0.2, 0.25) is 5.91 Å². The number of anilines is 2. The molecule has 1 aromatic carbocycles. The van der Waals surface area contributed by atoms with Crippen LogP contribution in [-0.4, -0.2) is 42.7 Å². The van der Waals surface area contributed by atoms with Gasteiger partial charge in [0, 0.05) is 17.8 Å². The van der Waals surface area contributed by atoms with Crippen LogP contribution in [0.2, 0.25) is 0 Å². The standard InChI is InChI=1S/C20H30ClN3O4/c1-20(2,3)28-19(26)24-14-7-5-13(6-8-14)22-16-11-15(23-18(25)12-21)9-10-17(16)27-4/h9-11,13-14,22H,5-8,12H2,1-4H3,(H,23,25)(H,24,26). The fraction of sp³-hybridized carbons (Fsp3) is 0.600. The summed E-state index contributed by atoms with van der Waals surface area (Å²) in [5.41, 5.74) is 0.983. The minimum Gasteiger partial charge on any atom is -0.495 e. The Bertz CT molecular complexity index is 683. The van der Waals surface area contributed by atoms with Crippen LogP contribution >= 0.6 is 11.6 Å². The minimum atomic E-state index is -0.497. The summed E-state index contributed by atoms with van der Waals surface area (Å²) >= 11 is 5.55. The Labute approximate surface area is 171 Å². The van der Waals surface area contributed by atoms with Crippen molar-refractivity contribution in [3.8, 4) is 5.75 Å². The number of amides is 2. The lowest BCUT2D eigenvalue weighted by atomic mass is 9.91. The van der Waals surface area contributed by atoms with Crippen LogP contribution in [0.4, 0.5) is 16.2 Å². The fourth-order valence-electron chi connectivity index (χ4n) is 3.17. The van der Waals surface area contributed by atoms with Crippen LogP contribution in [0, 0.1) is 0 Å². The van der Waals surface area contributed by atoms with Crippen LogP contribution in [0.25, 0.3) is 0 Å². The van der Waals surface area contributed by atoms with E-state index in [1.165, 1.54) is 0 Å². The van der Waals surface area contributed by atoms with Gasteiger partial charge in [-0.15, -0.1) is 11.6 Å². The maximum absolute atomic E-state index is 11.9. The van der Waals surface area contributed by atoms with Crippen molar-refractivity contribution in [2.24, 2.45) is 0 Å². The molecule has 0 unspecified atom stereocenters. The Kier molecular flexibility index (Phi) is 7.80. The topological polar surface area (TPSA) is 88.7 Å². The smallest absolute Gasteiger partial charge is 0.407 e. The van der Waals surface area contributed by atoms with E-state index >= 15 is 0 Å². The SMILES string of the molecule is COc1ccc(NC(=O)CCl)cc1NC1CCC(NC(=O)OC(C)(C)C)CC1. The molecule has 0 radical (unpaired) electrons. The summed E-state index contributed by atoms with van der Waals surface area (Å²) in [4.78, 5) is 23.4. The highest BCUT2D eigenvalue weighted by Gasteiger charge is 2.25. The lowest BCUT2D eigenvalue weighted by Gasteiger charge is -2.31. The molecular formula is C20H30ClN3O4. The van der Waals surface area contributed by atoms with E-state index in [1.54, 1.807) is 13.2 Å². The molecule has 2 amide bonds. The summed E-state index contributed by atoms with van der Waals surface area (Å²) in [7, 11) is 1.61. The van der Waals surface area contributed by atoms with E-state index in [-0.39, 0.29) is 30.0 Å². The molecule has 0 aliphatic heterocycles. The molecule has 28 heavy (non-hydrogen) atoms. The number of halogens is 1. The highest BCUT2D eigenvalue weighted by molar-refractivity contribution is 6.29. The Morgan fingerprint density at radius 2 is 1.79 bits per heavy atom. The van der Waals surface area contributed by atoms with Gasteiger partial charge in [-0.1, -0.05) is 0 Å². The molecule has 0 atom stereocenters. The van der Waals surface area contributed by atoms with E-state index in [0.717, 1.165) is 31.4 Å². The summed E-state index contributed by atoms with van der Waals surface area (Å²) in [6.07, 6.45) is 3.17. The van der Waals surface area contributed by atoms with Crippen LogP contribution in [0.1, 0.15) is 46.5 Å². The predicted octanol–water partition coefficient (Wildman–Crippen LogP) is 4.12. The van der Waals surface area contributed by atoms with Crippen LogP contribution in [0.5, 0.6) is 5.75 Å². The number of hydrogen-bond acceptors (Lipinski definition) is 5. The number of benzene rings is 1. The third-order valence-corrected chi connectivity index (χ3v) is 4.66. The number of carbonyl (C=O) groups is 2. The lowest BCUT2D eigenvalue weighted by molar-refractivity contribution is -0.113. The first-order valence-electron chi connectivity index (χ1n) is 9.50. The summed E-state index contributed by atoms with van der Waals surface area (Å²) in [6.45, 7) is 5.55. The van der Waals surface area contributed by atoms with Crippen molar-refractivity contribution in [2.45, 2.75) is 64.1 Å². The van der Waals surface area contributed by atoms with Crippen LogP contribution in [0.15, 0.2) is 18.2 Å². The number of hydrogen-bond donors (Lipinski definition) is 3. The Balaban J connectivity index is 1.90. The van der Waals surface area contributed by atoms with Crippen LogP contribution in [0.3, 0.4) is 0 Å². The summed E-state index contributed by atoms with van der Waals surface area (Å²) in [6, 6.07) is 5.79. The van der Waals surface area contributed by atoms with Gasteiger partial charge in [-0.25, -0.2) is 4.79 Å². The number of nitrogens with one attached hydrogen (secondary N) is 3. The maximum Gasteiger partial charge on any atom is 0.407 e. The molecule has 0 saturated heterocycles. The average molecular weight is 412 g/mol. The van der Waals surface area contributed by atoms with Gasteiger partial charge < -0.3 is 25.4 Å². The number of rotatable bonds is 6. The first-order chi connectivity index (χ1) is 13.2. The quantitative estimate of drug-likeness (QED) is 0.613. The molecule has 0 aromatic heterocycles. The third-order valence-electron chi connectivity index (χ3n) is 4.41. The molecule has 1 fully saturated rings. The first-order valence-corrected chi connectivity index (χ1v) is 10.0.